The van der Waals surface area contributed by atoms with Crippen LogP contribution in [0.3, 0.4) is 0 Å². The number of fused-ring (bicyclic) bond motifs is 1. The lowest BCUT2D eigenvalue weighted by Gasteiger charge is -2.16. The molecule has 2 aromatic rings. The Bertz CT molecular complexity index is 600. The van der Waals surface area contributed by atoms with Gasteiger partial charge in [0.15, 0.2) is 11.5 Å². The highest BCUT2D eigenvalue weighted by molar-refractivity contribution is 5.44. The molecule has 2 aromatic heterocycles. The van der Waals surface area contributed by atoms with Crippen LogP contribution in [0.5, 0.6) is 0 Å². The van der Waals surface area contributed by atoms with Gasteiger partial charge < -0.3 is 10.4 Å². The van der Waals surface area contributed by atoms with Gasteiger partial charge in [-0.25, -0.2) is 0 Å². The van der Waals surface area contributed by atoms with Gasteiger partial charge >= 0.3 is 0 Å². The second-order valence-corrected chi connectivity index (χ2v) is 6.79. The molecule has 0 amide bonds. The van der Waals surface area contributed by atoms with E-state index in [1.54, 1.807) is 4.52 Å². The van der Waals surface area contributed by atoms with Crippen LogP contribution in [0, 0.1) is 5.92 Å². The third kappa shape index (κ3) is 3.69. The molecule has 0 saturated carbocycles. The predicted molar refractivity (Wildman–Crippen MR) is 83.4 cm³/mol. The van der Waals surface area contributed by atoms with Gasteiger partial charge in [0.2, 0.25) is 0 Å². The van der Waals surface area contributed by atoms with E-state index in [2.05, 4.69) is 41.4 Å². The molecule has 2 heterocycles. The van der Waals surface area contributed by atoms with E-state index in [4.69, 9.17) is 0 Å². The van der Waals surface area contributed by atoms with Crippen molar-refractivity contribution in [2.75, 3.05) is 11.9 Å². The summed E-state index contributed by atoms with van der Waals surface area (Å²) in [6, 6.07) is 3.79. The molecule has 1 atom stereocenters. The number of aliphatic hydroxyl groups excluding tert-OH is 1. The summed E-state index contributed by atoms with van der Waals surface area (Å²) >= 11 is 0. The number of rotatable bonds is 5. The summed E-state index contributed by atoms with van der Waals surface area (Å²) in [4.78, 5) is 0. The van der Waals surface area contributed by atoms with E-state index in [-0.39, 0.29) is 17.4 Å². The molecule has 21 heavy (non-hydrogen) atoms. The second-order valence-electron chi connectivity index (χ2n) is 6.79. The highest BCUT2D eigenvalue weighted by Gasteiger charge is 2.21. The fourth-order valence-electron chi connectivity index (χ4n) is 2.03. The van der Waals surface area contributed by atoms with Crippen LogP contribution in [0.1, 0.15) is 46.9 Å². The van der Waals surface area contributed by atoms with E-state index in [1.165, 1.54) is 0 Å². The van der Waals surface area contributed by atoms with Gasteiger partial charge in [-0.15, -0.1) is 15.3 Å². The molecular formula is C15H25N5O. The third-order valence-corrected chi connectivity index (χ3v) is 3.45. The van der Waals surface area contributed by atoms with E-state index < -0.39 is 0 Å². The summed E-state index contributed by atoms with van der Waals surface area (Å²) in [5, 5.41) is 26.0. The Balaban J connectivity index is 2.11. The van der Waals surface area contributed by atoms with Gasteiger partial charge in [0.1, 0.15) is 5.82 Å². The molecule has 0 aliphatic heterocycles. The van der Waals surface area contributed by atoms with Crippen LogP contribution in [0.2, 0.25) is 0 Å². The monoisotopic (exact) mass is 291 g/mol. The van der Waals surface area contributed by atoms with Gasteiger partial charge in [0, 0.05) is 12.0 Å². The summed E-state index contributed by atoms with van der Waals surface area (Å²) in [5.41, 5.74) is 0.631. The molecule has 2 rings (SSSR count). The first-order valence-electron chi connectivity index (χ1n) is 7.44. The van der Waals surface area contributed by atoms with Crippen LogP contribution in [-0.2, 0) is 5.41 Å². The van der Waals surface area contributed by atoms with Crippen LogP contribution in [0.15, 0.2) is 12.1 Å². The SMILES string of the molecule is CC(C)C(O)CCNc1ccc2nnc(C(C)(C)C)n2n1. The third-order valence-electron chi connectivity index (χ3n) is 3.45. The Kier molecular flexibility index (Phi) is 4.46. The molecule has 0 fully saturated rings. The van der Waals surface area contributed by atoms with Crippen molar-refractivity contribution >= 4 is 11.5 Å². The molecule has 116 valence electrons. The number of hydrogen-bond acceptors (Lipinski definition) is 5. The second kappa shape index (κ2) is 5.97. The maximum atomic E-state index is 9.81. The molecule has 0 spiro atoms. The number of aromatic nitrogens is 4. The zero-order chi connectivity index (χ0) is 15.6. The van der Waals surface area contributed by atoms with Gasteiger partial charge in [-0.1, -0.05) is 34.6 Å². The molecule has 2 N–H and O–H groups in total. The zero-order valence-corrected chi connectivity index (χ0v) is 13.5. The summed E-state index contributed by atoms with van der Waals surface area (Å²) in [7, 11) is 0. The van der Waals surface area contributed by atoms with Crippen molar-refractivity contribution in [3.05, 3.63) is 18.0 Å². The van der Waals surface area contributed by atoms with Gasteiger partial charge in [0.05, 0.1) is 6.10 Å². The van der Waals surface area contributed by atoms with E-state index in [0.717, 1.165) is 17.3 Å². The molecule has 0 saturated heterocycles. The van der Waals surface area contributed by atoms with E-state index in [0.29, 0.717) is 13.0 Å². The number of anilines is 1. The van der Waals surface area contributed by atoms with Crippen LogP contribution < -0.4 is 5.32 Å². The van der Waals surface area contributed by atoms with E-state index in [9.17, 15) is 5.11 Å². The average Bonchev–Trinajstić information content (AvgIpc) is 2.81. The minimum absolute atomic E-state index is 0.112. The lowest BCUT2D eigenvalue weighted by atomic mass is 9.96. The number of aliphatic hydroxyl groups is 1. The van der Waals surface area contributed by atoms with Crippen molar-refractivity contribution in [3.8, 4) is 0 Å². The fraction of sp³-hybridized carbons (Fsp3) is 0.667. The first-order valence-corrected chi connectivity index (χ1v) is 7.44. The first-order chi connectivity index (χ1) is 9.79. The molecule has 0 radical (unpaired) electrons. The average molecular weight is 291 g/mol. The number of hydrogen-bond donors (Lipinski definition) is 2. The molecular weight excluding hydrogens is 266 g/mol. The van der Waals surface area contributed by atoms with Gasteiger partial charge in [-0.05, 0) is 24.5 Å². The summed E-state index contributed by atoms with van der Waals surface area (Å²) in [5.74, 6) is 1.87. The van der Waals surface area contributed by atoms with Crippen molar-refractivity contribution in [1.82, 2.24) is 19.8 Å². The Morgan fingerprint density at radius 1 is 1.24 bits per heavy atom. The molecule has 0 aliphatic rings. The molecule has 6 nitrogen and oxygen atoms in total. The quantitative estimate of drug-likeness (QED) is 0.883. The van der Waals surface area contributed by atoms with Gasteiger partial charge in [0.25, 0.3) is 0 Å². The van der Waals surface area contributed by atoms with Crippen LogP contribution in [-0.4, -0.2) is 37.6 Å². The Morgan fingerprint density at radius 2 is 1.95 bits per heavy atom. The first kappa shape index (κ1) is 15.7. The van der Waals surface area contributed by atoms with Crippen molar-refractivity contribution in [3.63, 3.8) is 0 Å². The highest BCUT2D eigenvalue weighted by atomic mass is 16.3. The summed E-state index contributed by atoms with van der Waals surface area (Å²) in [6.45, 7) is 11.0. The zero-order valence-electron chi connectivity index (χ0n) is 13.5. The van der Waals surface area contributed by atoms with Crippen molar-refractivity contribution in [1.29, 1.82) is 0 Å². The Hall–Kier alpha value is -1.69. The fourth-order valence-corrected chi connectivity index (χ4v) is 2.03. The normalized spacial score (nSPS) is 13.9. The maximum Gasteiger partial charge on any atom is 0.178 e. The van der Waals surface area contributed by atoms with E-state index in [1.807, 2.05) is 26.0 Å². The summed E-state index contributed by atoms with van der Waals surface area (Å²) in [6.07, 6.45) is 0.410. The molecule has 0 aliphatic carbocycles. The van der Waals surface area contributed by atoms with Crippen molar-refractivity contribution < 1.29 is 5.11 Å². The minimum atomic E-state index is -0.290. The van der Waals surface area contributed by atoms with Crippen molar-refractivity contribution in [2.45, 2.75) is 52.6 Å². The largest absolute Gasteiger partial charge is 0.393 e. The topological polar surface area (TPSA) is 75.3 Å². The maximum absolute atomic E-state index is 9.81. The van der Waals surface area contributed by atoms with E-state index >= 15 is 0 Å². The van der Waals surface area contributed by atoms with Crippen molar-refractivity contribution in [2.24, 2.45) is 5.92 Å². The Morgan fingerprint density at radius 3 is 2.57 bits per heavy atom. The molecule has 0 aromatic carbocycles. The summed E-state index contributed by atoms with van der Waals surface area (Å²) < 4.78 is 1.78. The molecule has 6 heteroatoms. The molecule has 0 bridgehead atoms. The predicted octanol–water partition coefficient (Wildman–Crippen LogP) is 2.24. The van der Waals surface area contributed by atoms with Crippen LogP contribution in [0.4, 0.5) is 5.82 Å². The minimum Gasteiger partial charge on any atom is -0.393 e. The Labute approximate surface area is 125 Å². The lowest BCUT2D eigenvalue weighted by molar-refractivity contribution is 0.120. The molecule has 1 unspecified atom stereocenters. The lowest BCUT2D eigenvalue weighted by Crippen LogP contribution is -2.20. The van der Waals surface area contributed by atoms with Gasteiger partial charge in [-0.2, -0.15) is 4.52 Å². The van der Waals surface area contributed by atoms with Crippen LogP contribution in [0.25, 0.3) is 5.65 Å². The van der Waals surface area contributed by atoms with Gasteiger partial charge in [-0.3, -0.25) is 0 Å². The number of nitrogens with one attached hydrogen (secondary N) is 1. The smallest absolute Gasteiger partial charge is 0.178 e. The highest BCUT2D eigenvalue weighted by Crippen LogP contribution is 2.20. The number of nitrogens with zero attached hydrogens (tertiary/aromatic N) is 4. The van der Waals surface area contributed by atoms with Crippen LogP contribution >= 0.6 is 0 Å². The standard InChI is InChI=1S/C15H25N5O/c1-10(2)11(21)8-9-16-12-6-7-13-17-18-14(15(3,4)5)20(13)19-12/h6-7,10-11,21H,8-9H2,1-5H3,(H,16,19).